The molecular weight excluding hydrogens is 776 g/mol. The first-order valence-corrected chi connectivity index (χ1v) is 21.2. The average Bonchev–Trinajstić information content (AvgIpc) is 3.26. The van der Waals surface area contributed by atoms with Gasteiger partial charge in [-0.3, -0.25) is 9.59 Å². The van der Waals surface area contributed by atoms with Crippen molar-refractivity contribution in [3.63, 3.8) is 0 Å². The topological polar surface area (TPSA) is 224 Å². The number of nitrogens with one attached hydrogen (secondary N) is 3. The van der Waals surface area contributed by atoms with Gasteiger partial charge < -0.3 is 83.3 Å². The number of likely N-dealkylation sites (N-methyl/N-ethyl adjacent to an activating group) is 1. The van der Waals surface area contributed by atoms with Crippen molar-refractivity contribution in [1.29, 1.82) is 0 Å². The number of amides is 2. The molecule has 0 aliphatic rings. The van der Waals surface area contributed by atoms with Crippen molar-refractivity contribution in [2.24, 2.45) is 5.73 Å². The molecule has 2 amide bonds. The molecule has 0 aliphatic heterocycles. The highest BCUT2D eigenvalue weighted by Crippen LogP contribution is 1.96. The third kappa shape index (κ3) is 56.0. The standard InChI is InChI=1S/C31H62N2O14.C7H16N2O.C2H6/c1-36-6-7-37-8-9-38-10-11-39-12-13-40-14-15-41-16-17-42-18-19-43-20-21-44-22-23-45-24-25-46-26-27-47-29-31(35)33-5-3-2-4-30(32)28-34;1-4-5-9-7(10)6(2)8-3;1-2/h28,30H,2-27,29,32H2,1H3,(H,33,35);6,8H,4-5H2,1-3H3,(H,9,10);1-2H3. The minimum atomic E-state index is -0.426. The van der Waals surface area contributed by atoms with Crippen molar-refractivity contribution in [3.8, 4) is 0 Å². The van der Waals surface area contributed by atoms with E-state index < -0.39 is 6.04 Å². The molecule has 0 rings (SSSR count). The fraction of sp³-hybridized carbons (Fsp3) is 0.925. The molecule has 0 aromatic heterocycles. The summed E-state index contributed by atoms with van der Waals surface area (Å²) in [5.41, 5.74) is 5.51. The van der Waals surface area contributed by atoms with E-state index in [0.717, 1.165) is 32.1 Å². The van der Waals surface area contributed by atoms with E-state index in [0.29, 0.717) is 158 Å². The van der Waals surface area contributed by atoms with Crippen LogP contribution in [-0.2, 0) is 71.2 Å². The van der Waals surface area contributed by atoms with E-state index in [1.54, 1.807) is 14.2 Å². The van der Waals surface area contributed by atoms with Gasteiger partial charge in [-0.15, -0.1) is 0 Å². The van der Waals surface area contributed by atoms with Crippen LogP contribution in [0.2, 0.25) is 0 Å². The van der Waals surface area contributed by atoms with Gasteiger partial charge in [0.05, 0.1) is 157 Å². The molecule has 0 aliphatic carbocycles. The van der Waals surface area contributed by atoms with E-state index in [4.69, 9.17) is 62.6 Å². The molecule has 0 aromatic rings. The van der Waals surface area contributed by atoms with E-state index in [9.17, 15) is 14.4 Å². The van der Waals surface area contributed by atoms with Crippen LogP contribution in [0.4, 0.5) is 0 Å². The average molecular weight is 861 g/mol. The van der Waals surface area contributed by atoms with Gasteiger partial charge in [0.15, 0.2) is 0 Å². The summed E-state index contributed by atoms with van der Waals surface area (Å²) in [5.74, 6) is -0.107. The number of carbonyl (C=O) groups excluding carboxylic acids is 3. The van der Waals surface area contributed by atoms with Crippen molar-refractivity contribution in [2.75, 3.05) is 179 Å². The van der Waals surface area contributed by atoms with Crippen molar-refractivity contribution >= 4 is 18.1 Å². The number of ether oxygens (including phenoxy) is 12. The number of hydrogen-bond donors (Lipinski definition) is 4. The van der Waals surface area contributed by atoms with Gasteiger partial charge >= 0.3 is 0 Å². The Hall–Kier alpha value is -1.95. The second kappa shape index (κ2) is 56.0. The van der Waals surface area contributed by atoms with E-state index >= 15 is 0 Å². The van der Waals surface area contributed by atoms with Gasteiger partial charge in [0.1, 0.15) is 12.9 Å². The van der Waals surface area contributed by atoms with Crippen LogP contribution >= 0.6 is 0 Å². The van der Waals surface area contributed by atoms with Gasteiger partial charge in [0.25, 0.3) is 0 Å². The molecule has 19 nitrogen and oxygen atoms in total. The van der Waals surface area contributed by atoms with Crippen LogP contribution in [-0.4, -0.2) is 209 Å². The van der Waals surface area contributed by atoms with Gasteiger partial charge in [-0.25, -0.2) is 0 Å². The molecule has 0 aromatic carbocycles. The Balaban J connectivity index is -0.00000226. The van der Waals surface area contributed by atoms with E-state index in [1.807, 2.05) is 27.7 Å². The zero-order valence-electron chi connectivity index (χ0n) is 37.4. The number of nitrogens with two attached hydrogens (primary N) is 1. The van der Waals surface area contributed by atoms with Gasteiger partial charge in [0.2, 0.25) is 11.8 Å². The fourth-order valence-electron chi connectivity index (χ4n) is 3.89. The maximum atomic E-state index is 11.7. The number of unbranched alkanes of at least 4 members (excludes halogenated alkanes) is 1. The van der Waals surface area contributed by atoms with Crippen molar-refractivity contribution in [1.82, 2.24) is 16.0 Å². The number of hydrogen-bond acceptors (Lipinski definition) is 17. The van der Waals surface area contributed by atoms with Gasteiger partial charge in [0, 0.05) is 20.2 Å². The van der Waals surface area contributed by atoms with Crippen molar-refractivity contribution in [3.05, 3.63) is 0 Å². The molecule has 0 radical (unpaired) electrons. The maximum absolute atomic E-state index is 11.7. The Kier molecular flexibility index (Phi) is 58.3. The highest BCUT2D eigenvalue weighted by Gasteiger charge is 2.07. The first-order chi connectivity index (χ1) is 28.9. The predicted octanol–water partition coefficient (Wildman–Crippen LogP) is 0.775. The lowest BCUT2D eigenvalue weighted by molar-refractivity contribution is -0.126. The largest absolute Gasteiger partial charge is 0.382 e. The zero-order valence-corrected chi connectivity index (χ0v) is 37.4. The van der Waals surface area contributed by atoms with E-state index in [-0.39, 0.29) is 24.5 Å². The van der Waals surface area contributed by atoms with E-state index in [1.165, 1.54) is 0 Å². The second-order valence-corrected chi connectivity index (χ2v) is 12.1. The van der Waals surface area contributed by atoms with Crippen molar-refractivity contribution in [2.45, 2.75) is 65.5 Å². The van der Waals surface area contributed by atoms with Gasteiger partial charge in [-0.1, -0.05) is 20.8 Å². The molecule has 0 fully saturated rings. The molecule has 2 unspecified atom stereocenters. The fourth-order valence-corrected chi connectivity index (χ4v) is 3.89. The first-order valence-electron chi connectivity index (χ1n) is 21.2. The maximum Gasteiger partial charge on any atom is 0.245 e. The third-order valence-electron chi connectivity index (χ3n) is 7.22. The smallest absolute Gasteiger partial charge is 0.245 e. The summed E-state index contributed by atoms with van der Waals surface area (Å²) >= 11 is 0. The SMILES string of the molecule is CC.CCCNC(=O)C(C)NC.COCCOCCOCCOCCOCCOCCOCCOCCOCCOCCOCCOCC(=O)NCCCCC(N)C=O. The van der Waals surface area contributed by atoms with Crippen molar-refractivity contribution < 1.29 is 71.2 Å². The Morgan fingerprint density at radius 3 is 1.19 bits per heavy atom. The number of rotatable bonds is 45. The molecule has 5 N–H and O–H groups in total. The molecule has 0 spiro atoms. The molecule has 19 heteroatoms. The summed E-state index contributed by atoms with van der Waals surface area (Å²) < 4.78 is 64.4. The van der Waals surface area contributed by atoms with E-state index in [2.05, 4.69) is 16.0 Å². The van der Waals surface area contributed by atoms with Crippen LogP contribution in [0.3, 0.4) is 0 Å². The minimum Gasteiger partial charge on any atom is -0.382 e. The van der Waals surface area contributed by atoms with Crippen LogP contribution < -0.4 is 21.7 Å². The molecule has 0 saturated carbocycles. The summed E-state index contributed by atoms with van der Waals surface area (Å²) in [6.45, 7) is 19.9. The van der Waals surface area contributed by atoms with Crippen LogP contribution in [0, 0.1) is 0 Å². The molecular formula is C40H84N4O15. The molecule has 2 atom stereocenters. The summed E-state index contributed by atoms with van der Waals surface area (Å²) in [6.07, 6.45) is 3.90. The van der Waals surface area contributed by atoms with Gasteiger partial charge in [-0.05, 0) is 39.7 Å². The molecule has 354 valence electrons. The lowest BCUT2D eigenvalue weighted by atomic mass is 10.1. The van der Waals surface area contributed by atoms with Crippen LogP contribution in [0.25, 0.3) is 0 Å². The molecule has 0 bridgehead atoms. The van der Waals surface area contributed by atoms with Crippen LogP contribution in [0.1, 0.15) is 53.4 Å². The lowest BCUT2D eigenvalue weighted by Gasteiger charge is -2.09. The second-order valence-electron chi connectivity index (χ2n) is 12.1. The lowest BCUT2D eigenvalue weighted by Crippen LogP contribution is -2.40. The summed E-state index contributed by atoms with van der Waals surface area (Å²) in [6, 6.07) is -0.503. The monoisotopic (exact) mass is 861 g/mol. The molecule has 59 heavy (non-hydrogen) atoms. The Morgan fingerprint density at radius 1 is 0.542 bits per heavy atom. The third-order valence-corrected chi connectivity index (χ3v) is 7.22. The summed E-state index contributed by atoms with van der Waals surface area (Å²) in [5, 5.41) is 8.40. The Labute approximate surface area is 355 Å². The molecule has 0 heterocycles. The number of carbonyl (C=O) groups is 3. The van der Waals surface area contributed by atoms with Gasteiger partial charge in [-0.2, -0.15) is 0 Å². The summed E-state index contributed by atoms with van der Waals surface area (Å²) in [4.78, 5) is 33.0. The molecule has 0 saturated heterocycles. The Morgan fingerprint density at radius 2 is 0.881 bits per heavy atom. The highest BCUT2D eigenvalue weighted by molar-refractivity contribution is 5.81. The zero-order chi connectivity index (χ0) is 44.1. The van der Waals surface area contributed by atoms with Crippen LogP contribution in [0.15, 0.2) is 0 Å². The predicted molar refractivity (Wildman–Crippen MR) is 225 cm³/mol. The highest BCUT2D eigenvalue weighted by atomic mass is 16.6. The Bertz CT molecular complexity index is 841. The first kappa shape index (κ1) is 61.4. The minimum absolute atomic E-state index is 0.0163. The normalized spacial score (nSPS) is 11.8. The quantitative estimate of drug-likeness (QED) is 0.0491. The number of methoxy groups -OCH3 is 1. The number of aldehydes is 1. The van der Waals surface area contributed by atoms with Crippen LogP contribution in [0.5, 0.6) is 0 Å². The summed E-state index contributed by atoms with van der Waals surface area (Å²) in [7, 11) is 3.41.